The van der Waals surface area contributed by atoms with Crippen LogP contribution in [0, 0.1) is 11.3 Å². The molecule has 1 aliphatic heterocycles. The van der Waals surface area contributed by atoms with Crippen LogP contribution in [0.1, 0.15) is 48.6 Å². The summed E-state index contributed by atoms with van der Waals surface area (Å²) in [4.78, 5) is 6.93. The zero-order valence-corrected chi connectivity index (χ0v) is 19.8. The highest BCUT2D eigenvalue weighted by Crippen LogP contribution is 2.32. The minimum Gasteiger partial charge on any atom is -0.496 e. The summed E-state index contributed by atoms with van der Waals surface area (Å²) >= 11 is 6.67. The Bertz CT molecular complexity index is 1180. The number of pyridine rings is 1. The predicted octanol–water partition coefficient (Wildman–Crippen LogP) is 6.83. The van der Waals surface area contributed by atoms with E-state index in [9.17, 15) is 5.26 Å². The van der Waals surface area contributed by atoms with Crippen molar-refractivity contribution in [2.24, 2.45) is 0 Å². The highest BCUT2D eigenvalue weighted by Gasteiger charge is 2.20. The third-order valence-electron chi connectivity index (χ3n) is 6.31. The number of likely N-dealkylation sites (tertiary alicyclic amines) is 1. The maximum absolute atomic E-state index is 9.83. The van der Waals surface area contributed by atoms with E-state index in [0.717, 1.165) is 41.1 Å². The monoisotopic (exact) mass is 457 g/mol. The molecule has 168 valence electrons. The van der Waals surface area contributed by atoms with E-state index < -0.39 is 0 Å². The van der Waals surface area contributed by atoms with Gasteiger partial charge in [-0.25, -0.2) is 0 Å². The fraction of sp³-hybridized carbons (Fsp3) is 0.286. The molecule has 1 fully saturated rings. The SMILES string of the molecule is COc1cc(/C=C/c2nccc(-c3ccccc3)c2C#N)c(Cl)cc1CN1CCCC[C@H]1C. The van der Waals surface area contributed by atoms with Crippen LogP contribution in [-0.4, -0.2) is 29.6 Å². The normalized spacial score (nSPS) is 16.6. The van der Waals surface area contributed by atoms with Crippen molar-refractivity contribution in [3.8, 4) is 22.9 Å². The van der Waals surface area contributed by atoms with Crippen LogP contribution in [0.4, 0.5) is 0 Å². The van der Waals surface area contributed by atoms with Crippen molar-refractivity contribution in [2.75, 3.05) is 13.7 Å². The maximum Gasteiger partial charge on any atom is 0.124 e. The van der Waals surface area contributed by atoms with Crippen molar-refractivity contribution < 1.29 is 4.74 Å². The number of hydrogen-bond donors (Lipinski definition) is 0. The minimum absolute atomic E-state index is 0.541. The third-order valence-corrected chi connectivity index (χ3v) is 6.64. The second-order valence-electron chi connectivity index (χ2n) is 8.43. The quantitative estimate of drug-likeness (QED) is 0.407. The number of benzene rings is 2. The summed E-state index contributed by atoms with van der Waals surface area (Å²) in [7, 11) is 1.69. The number of rotatable bonds is 6. The van der Waals surface area contributed by atoms with Gasteiger partial charge >= 0.3 is 0 Å². The van der Waals surface area contributed by atoms with Crippen LogP contribution >= 0.6 is 11.6 Å². The fourth-order valence-electron chi connectivity index (χ4n) is 4.41. The first kappa shape index (κ1) is 23.0. The molecule has 1 aromatic heterocycles. The molecule has 2 aromatic carbocycles. The minimum atomic E-state index is 0.541. The van der Waals surface area contributed by atoms with Crippen molar-refractivity contribution in [1.82, 2.24) is 9.88 Å². The van der Waals surface area contributed by atoms with Crippen molar-refractivity contribution in [3.63, 3.8) is 0 Å². The van der Waals surface area contributed by atoms with Gasteiger partial charge in [-0.3, -0.25) is 9.88 Å². The van der Waals surface area contributed by atoms with E-state index in [-0.39, 0.29) is 0 Å². The Labute approximate surface area is 201 Å². The zero-order chi connectivity index (χ0) is 23.2. The molecule has 5 heteroatoms. The Balaban J connectivity index is 1.63. The van der Waals surface area contributed by atoms with Crippen LogP contribution in [-0.2, 0) is 6.54 Å². The summed E-state index contributed by atoms with van der Waals surface area (Å²) in [5.74, 6) is 0.823. The fourth-order valence-corrected chi connectivity index (χ4v) is 4.66. The van der Waals surface area contributed by atoms with Gasteiger partial charge in [0.1, 0.15) is 11.8 Å². The first-order valence-corrected chi connectivity index (χ1v) is 11.7. The van der Waals surface area contributed by atoms with E-state index in [1.165, 1.54) is 19.3 Å². The van der Waals surface area contributed by atoms with E-state index >= 15 is 0 Å². The van der Waals surface area contributed by atoms with Crippen LogP contribution in [0.5, 0.6) is 5.75 Å². The molecule has 0 bridgehead atoms. The predicted molar refractivity (Wildman–Crippen MR) is 135 cm³/mol. The van der Waals surface area contributed by atoms with Crippen molar-refractivity contribution in [2.45, 2.75) is 38.8 Å². The highest BCUT2D eigenvalue weighted by molar-refractivity contribution is 6.32. The van der Waals surface area contributed by atoms with Crippen molar-refractivity contribution in [3.05, 3.63) is 82.1 Å². The Hall–Kier alpha value is -3.13. The molecule has 0 spiro atoms. The van der Waals surface area contributed by atoms with Gasteiger partial charge in [-0.15, -0.1) is 0 Å². The molecule has 0 radical (unpaired) electrons. The van der Waals surface area contributed by atoms with Crippen molar-refractivity contribution in [1.29, 1.82) is 5.26 Å². The van der Waals surface area contributed by atoms with Crippen LogP contribution in [0.3, 0.4) is 0 Å². The Morgan fingerprint density at radius 3 is 2.73 bits per heavy atom. The largest absolute Gasteiger partial charge is 0.496 e. The lowest BCUT2D eigenvalue weighted by Crippen LogP contribution is -2.36. The Morgan fingerprint density at radius 1 is 1.18 bits per heavy atom. The maximum atomic E-state index is 9.83. The molecule has 0 amide bonds. The summed E-state index contributed by atoms with van der Waals surface area (Å²) in [6.45, 7) is 4.21. The van der Waals surface area contributed by atoms with Crippen LogP contribution in [0.2, 0.25) is 5.02 Å². The molecule has 0 N–H and O–H groups in total. The van der Waals surface area contributed by atoms with E-state index in [1.54, 1.807) is 13.3 Å². The molecule has 0 unspecified atom stereocenters. The number of methoxy groups -OCH3 is 1. The molecule has 4 rings (SSSR count). The summed E-state index contributed by atoms with van der Waals surface area (Å²) in [5, 5.41) is 10.5. The Morgan fingerprint density at radius 2 is 2.00 bits per heavy atom. The van der Waals surface area contributed by atoms with E-state index in [2.05, 4.69) is 22.9 Å². The molecule has 2 heterocycles. The molecule has 0 aliphatic carbocycles. The number of nitriles is 1. The standard InChI is InChI=1S/C28H28ClN3O/c1-20-8-6-7-15-32(20)19-23-16-26(29)22(17-28(23)33-2)11-12-27-25(18-30)24(13-14-31-27)21-9-4-3-5-10-21/h3-5,9-14,16-17,20H,6-8,15,19H2,1-2H3/b12-11+/t20-/m1/s1. The van der Waals surface area contributed by atoms with Gasteiger partial charge in [0.05, 0.1) is 18.4 Å². The first-order chi connectivity index (χ1) is 16.1. The number of aromatic nitrogens is 1. The van der Waals surface area contributed by atoms with Gasteiger partial charge in [0.2, 0.25) is 0 Å². The summed E-state index contributed by atoms with van der Waals surface area (Å²) in [6, 6.07) is 18.6. The van der Waals surface area contributed by atoms with E-state index in [4.69, 9.17) is 16.3 Å². The number of halogens is 1. The second-order valence-corrected chi connectivity index (χ2v) is 8.84. The topological polar surface area (TPSA) is 49.1 Å². The van der Waals surface area contributed by atoms with Crippen LogP contribution in [0.25, 0.3) is 23.3 Å². The average molecular weight is 458 g/mol. The molecule has 0 saturated carbocycles. The first-order valence-electron chi connectivity index (χ1n) is 11.3. The summed E-state index contributed by atoms with van der Waals surface area (Å²) in [6.07, 6.45) is 9.23. The van der Waals surface area contributed by atoms with Gasteiger partial charge < -0.3 is 4.74 Å². The molecule has 1 atom stereocenters. The van der Waals surface area contributed by atoms with Gasteiger partial charge in [-0.2, -0.15) is 5.26 Å². The molecular weight excluding hydrogens is 430 g/mol. The van der Waals surface area contributed by atoms with Gasteiger partial charge in [0.25, 0.3) is 0 Å². The highest BCUT2D eigenvalue weighted by atomic mass is 35.5. The van der Waals surface area contributed by atoms with Gasteiger partial charge in [0.15, 0.2) is 0 Å². The van der Waals surface area contributed by atoms with Gasteiger partial charge in [-0.05, 0) is 61.7 Å². The third kappa shape index (κ3) is 5.27. The number of piperidine rings is 1. The molecule has 1 aliphatic rings. The second kappa shape index (κ2) is 10.7. The average Bonchev–Trinajstić information content (AvgIpc) is 2.85. The van der Waals surface area contributed by atoms with E-state index in [0.29, 0.717) is 22.3 Å². The molecule has 33 heavy (non-hydrogen) atoms. The van der Waals surface area contributed by atoms with Gasteiger partial charge in [0, 0.05) is 34.9 Å². The Kier molecular flexibility index (Phi) is 7.44. The van der Waals surface area contributed by atoms with Gasteiger partial charge in [-0.1, -0.05) is 54.4 Å². The molecule has 4 nitrogen and oxygen atoms in total. The molecule has 3 aromatic rings. The summed E-state index contributed by atoms with van der Waals surface area (Å²) in [5.41, 5.74) is 4.93. The smallest absolute Gasteiger partial charge is 0.124 e. The van der Waals surface area contributed by atoms with E-state index in [1.807, 2.05) is 60.7 Å². The molecular formula is C28H28ClN3O. The number of hydrogen-bond acceptors (Lipinski definition) is 4. The van der Waals surface area contributed by atoms with Crippen LogP contribution < -0.4 is 4.74 Å². The lowest BCUT2D eigenvalue weighted by Gasteiger charge is -2.33. The molecule has 1 saturated heterocycles. The lowest BCUT2D eigenvalue weighted by atomic mass is 9.99. The number of ether oxygens (including phenoxy) is 1. The number of nitrogens with zero attached hydrogens (tertiary/aromatic N) is 3. The van der Waals surface area contributed by atoms with Crippen LogP contribution in [0.15, 0.2) is 54.7 Å². The lowest BCUT2D eigenvalue weighted by molar-refractivity contribution is 0.151. The van der Waals surface area contributed by atoms with Crippen molar-refractivity contribution >= 4 is 23.8 Å². The summed E-state index contributed by atoms with van der Waals surface area (Å²) < 4.78 is 5.70. The zero-order valence-electron chi connectivity index (χ0n) is 19.1.